The van der Waals surface area contributed by atoms with E-state index in [1.165, 1.54) is 23.5 Å². The maximum Gasteiger partial charge on any atom is 0.309 e. The molecule has 7 nitrogen and oxygen atoms in total. The first-order valence-electron chi connectivity index (χ1n) is 8.13. The van der Waals surface area contributed by atoms with Crippen LogP contribution in [-0.4, -0.2) is 50.7 Å². The van der Waals surface area contributed by atoms with E-state index in [9.17, 15) is 18.0 Å². The van der Waals surface area contributed by atoms with Crippen LogP contribution < -0.4 is 10.6 Å². The smallest absolute Gasteiger partial charge is 0.309 e. The molecule has 1 heterocycles. The zero-order valence-corrected chi connectivity index (χ0v) is 15.6. The summed E-state index contributed by atoms with van der Waals surface area (Å²) in [6.07, 6.45) is 2.91. The van der Waals surface area contributed by atoms with Gasteiger partial charge in [0.15, 0.2) is 0 Å². The van der Waals surface area contributed by atoms with Crippen LogP contribution in [0.3, 0.4) is 0 Å². The molecule has 138 valence electrons. The third kappa shape index (κ3) is 4.93. The van der Waals surface area contributed by atoms with Crippen molar-refractivity contribution in [2.75, 3.05) is 20.1 Å². The van der Waals surface area contributed by atoms with Crippen molar-refractivity contribution in [1.29, 1.82) is 0 Å². The molecule has 1 aliphatic rings. The summed E-state index contributed by atoms with van der Waals surface area (Å²) in [5.41, 5.74) is 0. The Morgan fingerprint density at radius 1 is 1.20 bits per heavy atom. The predicted molar refractivity (Wildman–Crippen MR) is 94.7 cm³/mol. The van der Waals surface area contributed by atoms with Gasteiger partial charge in [-0.1, -0.05) is 18.0 Å². The second-order valence-electron chi connectivity index (χ2n) is 5.84. The minimum Gasteiger partial charge on any atom is -0.351 e. The van der Waals surface area contributed by atoms with Gasteiger partial charge >= 0.3 is 11.8 Å². The number of carbonyl (C=O) groups is 2. The van der Waals surface area contributed by atoms with E-state index < -0.39 is 21.8 Å². The molecule has 1 aromatic carbocycles. The molecule has 0 bridgehead atoms. The predicted octanol–water partition coefficient (Wildman–Crippen LogP) is 1.14. The van der Waals surface area contributed by atoms with Crippen LogP contribution in [0.4, 0.5) is 0 Å². The van der Waals surface area contributed by atoms with Crippen molar-refractivity contribution in [3.05, 3.63) is 29.3 Å². The molecule has 9 heteroatoms. The summed E-state index contributed by atoms with van der Waals surface area (Å²) in [5, 5.41) is 5.23. The van der Waals surface area contributed by atoms with E-state index in [2.05, 4.69) is 10.6 Å². The van der Waals surface area contributed by atoms with Crippen molar-refractivity contribution < 1.29 is 18.0 Å². The first-order chi connectivity index (χ1) is 11.9. The Morgan fingerprint density at radius 2 is 1.88 bits per heavy atom. The molecular formula is C16H22ClN3O4S. The van der Waals surface area contributed by atoms with Gasteiger partial charge < -0.3 is 10.6 Å². The Bertz CT molecular complexity index is 721. The van der Waals surface area contributed by atoms with Gasteiger partial charge in [-0.25, -0.2) is 8.42 Å². The van der Waals surface area contributed by atoms with Crippen molar-refractivity contribution in [3.63, 3.8) is 0 Å². The molecular weight excluding hydrogens is 366 g/mol. The van der Waals surface area contributed by atoms with Crippen LogP contribution in [0.1, 0.15) is 25.7 Å². The maximum absolute atomic E-state index is 12.9. The molecule has 2 rings (SSSR count). The molecule has 2 N–H and O–H groups in total. The fourth-order valence-corrected chi connectivity index (χ4v) is 4.72. The van der Waals surface area contributed by atoms with Crippen LogP contribution in [0, 0.1) is 0 Å². The monoisotopic (exact) mass is 387 g/mol. The third-order valence-corrected chi connectivity index (χ3v) is 6.41. The zero-order chi connectivity index (χ0) is 18.4. The molecule has 0 unspecified atom stereocenters. The van der Waals surface area contributed by atoms with Crippen molar-refractivity contribution >= 4 is 33.4 Å². The number of piperidine rings is 1. The Labute approximate surface area is 152 Å². The van der Waals surface area contributed by atoms with Gasteiger partial charge in [0.2, 0.25) is 10.0 Å². The maximum atomic E-state index is 12.9. The van der Waals surface area contributed by atoms with E-state index in [0.717, 1.165) is 19.3 Å². The minimum absolute atomic E-state index is 0.207. The van der Waals surface area contributed by atoms with Gasteiger partial charge in [-0.15, -0.1) is 0 Å². The number of amides is 2. The van der Waals surface area contributed by atoms with Crippen LogP contribution in [0.15, 0.2) is 29.2 Å². The van der Waals surface area contributed by atoms with Crippen LogP contribution >= 0.6 is 11.6 Å². The standard InChI is InChI=1S/C16H22ClN3O4S/c1-18-15(21)16(22)19-10-9-13-4-2-3-11-20(13)25(23,24)14-7-5-12(17)6-8-14/h5-8,13H,2-4,9-11H2,1H3,(H,18,21)(H,19,22)/t13-/m1/s1. The first-order valence-corrected chi connectivity index (χ1v) is 9.95. The molecule has 1 fully saturated rings. The van der Waals surface area contributed by atoms with E-state index in [4.69, 9.17) is 11.6 Å². The van der Waals surface area contributed by atoms with Gasteiger partial charge in [-0.05, 0) is 43.5 Å². The summed E-state index contributed by atoms with van der Waals surface area (Å²) in [6, 6.07) is 5.89. The number of sulfonamides is 1. The number of benzene rings is 1. The van der Waals surface area contributed by atoms with E-state index in [1.807, 2.05) is 0 Å². The number of nitrogens with zero attached hydrogens (tertiary/aromatic N) is 1. The average molecular weight is 388 g/mol. The van der Waals surface area contributed by atoms with Gasteiger partial charge in [0.1, 0.15) is 0 Å². The molecule has 0 aliphatic carbocycles. The fourth-order valence-electron chi connectivity index (χ4n) is 2.87. The molecule has 0 radical (unpaired) electrons. The van der Waals surface area contributed by atoms with Gasteiger partial charge in [-0.3, -0.25) is 9.59 Å². The number of hydrogen-bond donors (Lipinski definition) is 2. The second kappa shape index (κ2) is 8.64. The summed E-state index contributed by atoms with van der Waals surface area (Å²) in [6.45, 7) is 0.683. The van der Waals surface area contributed by atoms with Gasteiger partial charge in [0.05, 0.1) is 4.90 Å². The van der Waals surface area contributed by atoms with Crippen molar-refractivity contribution in [2.24, 2.45) is 0 Å². The summed E-state index contributed by atoms with van der Waals surface area (Å²) >= 11 is 5.83. The van der Waals surface area contributed by atoms with Gasteiger partial charge in [-0.2, -0.15) is 4.31 Å². The topological polar surface area (TPSA) is 95.6 Å². The van der Waals surface area contributed by atoms with Gasteiger partial charge in [0, 0.05) is 31.2 Å². The number of nitrogens with one attached hydrogen (secondary N) is 2. The van der Waals surface area contributed by atoms with Crippen molar-refractivity contribution in [1.82, 2.24) is 14.9 Å². The summed E-state index contributed by atoms with van der Waals surface area (Å²) in [7, 11) is -2.24. The molecule has 25 heavy (non-hydrogen) atoms. The highest BCUT2D eigenvalue weighted by atomic mass is 35.5. The summed E-state index contributed by atoms with van der Waals surface area (Å²) in [5.74, 6) is -1.43. The summed E-state index contributed by atoms with van der Waals surface area (Å²) < 4.78 is 27.3. The number of hydrogen-bond acceptors (Lipinski definition) is 4. The van der Waals surface area contributed by atoms with E-state index in [-0.39, 0.29) is 17.5 Å². The van der Waals surface area contributed by atoms with Crippen LogP contribution in [0.5, 0.6) is 0 Å². The van der Waals surface area contributed by atoms with Crippen molar-refractivity contribution in [2.45, 2.75) is 36.6 Å². The van der Waals surface area contributed by atoms with Crippen LogP contribution in [0.2, 0.25) is 5.02 Å². The molecule has 1 aromatic rings. The molecule has 1 saturated heterocycles. The van der Waals surface area contributed by atoms with Crippen molar-refractivity contribution in [3.8, 4) is 0 Å². The lowest BCUT2D eigenvalue weighted by atomic mass is 10.0. The SMILES string of the molecule is CNC(=O)C(=O)NCC[C@H]1CCCCN1S(=O)(=O)c1ccc(Cl)cc1. The van der Waals surface area contributed by atoms with Gasteiger partial charge in [0.25, 0.3) is 0 Å². The Kier molecular flexibility index (Phi) is 6.80. The average Bonchev–Trinajstić information content (AvgIpc) is 2.61. The highest BCUT2D eigenvalue weighted by Gasteiger charge is 2.33. The lowest BCUT2D eigenvalue weighted by molar-refractivity contribution is -0.138. The number of halogens is 1. The highest BCUT2D eigenvalue weighted by Crippen LogP contribution is 2.27. The molecule has 1 atom stereocenters. The first kappa shape index (κ1) is 19.7. The Morgan fingerprint density at radius 3 is 2.52 bits per heavy atom. The third-order valence-electron chi connectivity index (χ3n) is 4.19. The summed E-state index contributed by atoms with van der Waals surface area (Å²) in [4.78, 5) is 22.9. The molecule has 0 aromatic heterocycles. The zero-order valence-electron chi connectivity index (χ0n) is 14.0. The Hall–Kier alpha value is -1.64. The Balaban J connectivity index is 2.05. The molecule has 0 spiro atoms. The number of carbonyl (C=O) groups excluding carboxylic acids is 2. The lowest BCUT2D eigenvalue weighted by Gasteiger charge is -2.34. The van der Waals surface area contributed by atoms with Crippen LogP contribution in [0.25, 0.3) is 0 Å². The molecule has 1 aliphatic heterocycles. The minimum atomic E-state index is -3.62. The van der Waals surface area contributed by atoms with E-state index in [0.29, 0.717) is 18.0 Å². The fraction of sp³-hybridized carbons (Fsp3) is 0.500. The molecule has 2 amide bonds. The largest absolute Gasteiger partial charge is 0.351 e. The molecule has 0 saturated carbocycles. The van der Waals surface area contributed by atoms with Crippen LogP contribution in [-0.2, 0) is 19.6 Å². The number of likely N-dealkylation sites (N-methyl/N-ethyl adjacent to an activating group) is 1. The highest BCUT2D eigenvalue weighted by molar-refractivity contribution is 7.89. The van der Waals surface area contributed by atoms with E-state index in [1.54, 1.807) is 12.1 Å². The number of rotatable bonds is 5. The quantitative estimate of drug-likeness (QED) is 0.740. The van der Waals surface area contributed by atoms with E-state index >= 15 is 0 Å². The normalized spacial score (nSPS) is 18.6. The lowest BCUT2D eigenvalue weighted by Crippen LogP contribution is -2.46. The second-order valence-corrected chi connectivity index (χ2v) is 8.17.